The molecule has 0 bridgehead atoms. The Morgan fingerprint density at radius 3 is 2.71 bits per heavy atom. The van der Waals surface area contributed by atoms with Gasteiger partial charge in [-0.1, -0.05) is 49.4 Å². The highest BCUT2D eigenvalue weighted by molar-refractivity contribution is 5.96. The van der Waals surface area contributed by atoms with Crippen LogP contribution in [0.4, 0.5) is 0 Å². The van der Waals surface area contributed by atoms with Gasteiger partial charge in [0.25, 0.3) is 0 Å². The molecule has 3 aromatic rings. The summed E-state index contributed by atoms with van der Waals surface area (Å²) in [6.45, 7) is 2.87. The highest BCUT2D eigenvalue weighted by Crippen LogP contribution is 2.17. The van der Waals surface area contributed by atoms with Crippen LogP contribution in [0.3, 0.4) is 0 Å². The van der Waals surface area contributed by atoms with Crippen LogP contribution in [0.25, 0.3) is 10.8 Å². The van der Waals surface area contributed by atoms with Gasteiger partial charge in [-0.2, -0.15) is 5.10 Å². The van der Waals surface area contributed by atoms with Crippen molar-refractivity contribution in [2.75, 3.05) is 0 Å². The van der Waals surface area contributed by atoms with E-state index in [1.54, 1.807) is 16.9 Å². The molecule has 0 saturated heterocycles. The second kappa shape index (κ2) is 5.92. The van der Waals surface area contributed by atoms with Crippen molar-refractivity contribution in [1.82, 2.24) is 9.78 Å². The maximum absolute atomic E-state index is 12.4. The molecule has 1 aromatic heterocycles. The van der Waals surface area contributed by atoms with E-state index < -0.39 is 0 Å². The maximum Gasteiger partial charge on any atom is 0.185 e. The first-order chi connectivity index (χ1) is 10.3. The van der Waals surface area contributed by atoms with Gasteiger partial charge in [-0.25, -0.2) is 0 Å². The van der Waals surface area contributed by atoms with Crippen LogP contribution in [0.1, 0.15) is 29.4 Å². The number of ketones is 1. The Hall–Kier alpha value is -2.42. The molecule has 106 valence electrons. The summed E-state index contributed by atoms with van der Waals surface area (Å²) in [6, 6.07) is 16.2. The third-order valence-electron chi connectivity index (χ3n) is 3.62. The highest BCUT2D eigenvalue weighted by atomic mass is 16.1. The molecule has 0 amide bonds. The van der Waals surface area contributed by atoms with Crippen LogP contribution in [-0.2, 0) is 13.0 Å². The molecule has 0 radical (unpaired) electrons. The number of fused-ring (bicyclic) bond motifs is 1. The summed E-state index contributed by atoms with van der Waals surface area (Å²) in [6.07, 6.45) is 3.08. The molecule has 3 nitrogen and oxygen atoms in total. The van der Waals surface area contributed by atoms with Gasteiger partial charge in [0, 0.05) is 19.2 Å². The number of nitrogens with zero attached hydrogens (tertiary/aromatic N) is 2. The smallest absolute Gasteiger partial charge is 0.185 e. The first kappa shape index (κ1) is 13.6. The summed E-state index contributed by atoms with van der Waals surface area (Å²) in [7, 11) is 0. The molecule has 21 heavy (non-hydrogen) atoms. The van der Waals surface area contributed by atoms with Gasteiger partial charge in [0.2, 0.25) is 0 Å². The predicted molar refractivity (Wildman–Crippen MR) is 84.5 cm³/mol. The van der Waals surface area contributed by atoms with Crippen molar-refractivity contribution in [1.29, 1.82) is 0 Å². The molecule has 0 fully saturated rings. The lowest BCUT2D eigenvalue weighted by atomic mass is 10.0. The van der Waals surface area contributed by atoms with E-state index in [2.05, 4.69) is 36.3 Å². The normalized spacial score (nSPS) is 10.9. The summed E-state index contributed by atoms with van der Waals surface area (Å²) in [5.74, 6) is 0.122. The molecule has 0 atom stereocenters. The van der Waals surface area contributed by atoms with Crippen LogP contribution in [0.2, 0.25) is 0 Å². The zero-order valence-corrected chi connectivity index (χ0v) is 12.1. The number of hydrogen-bond acceptors (Lipinski definition) is 2. The molecular formula is C18H18N2O. The van der Waals surface area contributed by atoms with E-state index in [0.29, 0.717) is 12.1 Å². The van der Waals surface area contributed by atoms with Crippen LogP contribution in [-0.4, -0.2) is 15.6 Å². The number of hydrogen-bond donors (Lipinski definition) is 0. The van der Waals surface area contributed by atoms with Crippen LogP contribution in [0.15, 0.2) is 54.7 Å². The lowest BCUT2D eigenvalue weighted by molar-refractivity contribution is 0.0982. The molecular weight excluding hydrogens is 260 g/mol. The van der Waals surface area contributed by atoms with E-state index in [0.717, 1.165) is 18.5 Å². The summed E-state index contributed by atoms with van der Waals surface area (Å²) < 4.78 is 1.80. The number of Topliss-reactive ketones (excluding diaryl/α,β-unsaturated/α-hetero) is 1. The zero-order valence-electron chi connectivity index (χ0n) is 12.1. The quantitative estimate of drug-likeness (QED) is 0.664. The molecule has 0 saturated carbocycles. The average Bonchev–Trinajstić information content (AvgIpc) is 2.96. The van der Waals surface area contributed by atoms with E-state index in [1.165, 1.54) is 10.8 Å². The molecule has 2 aromatic carbocycles. The lowest BCUT2D eigenvalue weighted by Gasteiger charge is -2.06. The van der Waals surface area contributed by atoms with E-state index in [9.17, 15) is 4.79 Å². The Labute approximate surface area is 124 Å². The van der Waals surface area contributed by atoms with Crippen molar-refractivity contribution < 1.29 is 4.79 Å². The summed E-state index contributed by atoms with van der Waals surface area (Å²) in [5.41, 5.74) is 1.74. The van der Waals surface area contributed by atoms with E-state index >= 15 is 0 Å². The van der Waals surface area contributed by atoms with Crippen molar-refractivity contribution in [2.45, 2.75) is 26.3 Å². The second-order valence-electron chi connectivity index (χ2n) is 5.22. The molecule has 0 spiro atoms. The van der Waals surface area contributed by atoms with E-state index in [4.69, 9.17) is 0 Å². The van der Waals surface area contributed by atoms with Crippen molar-refractivity contribution >= 4 is 16.6 Å². The van der Waals surface area contributed by atoms with Gasteiger partial charge in [-0.15, -0.1) is 0 Å². The number of carbonyl (C=O) groups excluding carboxylic acids is 1. The Kier molecular flexibility index (Phi) is 3.82. The minimum atomic E-state index is 0.122. The lowest BCUT2D eigenvalue weighted by Crippen LogP contribution is -2.12. The Balaban J connectivity index is 1.84. The fraction of sp³-hybridized carbons (Fsp3) is 0.222. The molecule has 0 unspecified atom stereocenters. The van der Waals surface area contributed by atoms with Crippen molar-refractivity contribution in [3.63, 3.8) is 0 Å². The molecule has 0 aliphatic heterocycles. The van der Waals surface area contributed by atoms with Crippen molar-refractivity contribution in [3.05, 3.63) is 66.0 Å². The van der Waals surface area contributed by atoms with Gasteiger partial charge < -0.3 is 0 Å². The van der Waals surface area contributed by atoms with Gasteiger partial charge >= 0.3 is 0 Å². The van der Waals surface area contributed by atoms with Crippen molar-refractivity contribution in [3.8, 4) is 0 Å². The van der Waals surface area contributed by atoms with E-state index in [-0.39, 0.29) is 5.78 Å². The fourth-order valence-corrected chi connectivity index (χ4v) is 2.58. The van der Waals surface area contributed by atoms with Gasteiger partial charge in [-0.05, 0) is 28.8 Å². The van der Waals surface area contributed by atoms with Crippen LogP contribution >= 0.6 is 0 Å². The number of carbonyl (C=O) groups is 1. The Morgan fingerprint density at radius 2 is 1.90 bits per heavy atom. The summed E-state index contributed by atoms with van der Waals surface area (Å²) in [5, 5.41) is 6.58. The van der Waals surface area contributed by atoms with Crippen LogP contribution in [0, 0.1) is 0 Å². The third-order valence-corrected chi connectivity index (χ3v) is 3.62. The summed E-state index contributed by atoms with van der Waals surface area (Å²) >= 11 is 0. The third kappa shape index (κ3) is 2.87. The predicted octanol–water partition coefficient (Wildman–Crippen LogP) is 3.87. The maximum atomic E-state index is 12.4. The summed E-state index contributed by atoms with van der Waals surface area (Å²) in [4.78, 5) is 12.4. The number of aromatic nitrogens is 2. The second-order valence-corrected chi connectivity index (χ2v) is 5.22. The van der Waals surface area contributed by atoms with Gasteiger partial charge in [0.15, 0.2) is 5.78 Å². The van der Waals surface area contributed by atoms with Crippen molar-refractivity contribution in [2.24, 2.45) is 0 Å². The van der Waals surface area contributed by atoms with Gasteiger partial charge in [0.05, 0.1) is 0 Å². The zero-order chi connectivity index (χ0) is 14.7. The Morgan fingerprint density at radius 1 is 1.10 bits per heavy atom. The largest absolute Gasteiger partial charge is 0.292 e. The van der Waals surface area contributed by atoms with Gasteiger partial charge in [0.1, 0.15) is 5.69 Å². The monoisotopic (exact) mass is 278 g/mol. The highest BCUT2D eigenvalue weighted by Gasteiger charge is 2.12. The Bertz CT molecular complexity index is 773. The first-order valence-corrected chi connectivity index (χ1v) is 7.30. The molecule has 1 heterocycles. The van der Waals surface area contributed by atoms with Gasteiger partial charge in [-0.3, -0.25) is 9.48 Å². The molecule has 3 rings (SSSR count). The van der Waals surface area contributed by atoms with Crippen LogP contribution < -0.4 is 0 Å². The molecule has 3 heteroatoms. The van der Waals surface area contributed by atoms with Crippen LogP contribution in [0.5, 0.6) is 0 Å². The fourth-order valence-electron chi connectivity index (χ4n) is 2.58. The number of benzene rings is 2. The topological polar surface area (TPSA) is 34.9 Å². The first-order valence-electron chi connectivity index (χ1n) is 7.30. The van der Waals surface area contributed by atoms with E-state index in [1.807, 2.05) is 18.2 Å². The average molecular weight is 278 g/mol. The molecule has 0 aliphatic carbocycles. The minimum absolute atomic E-state index is 0.122. The SMILES string of the molecule is CCCn1nccc1C(=O)Cc1ccc2ccccc2c1. The number of aryl methyl sites for hydroxylation is 1. The minimum Gasteiger partial charge on any atom is -0.292 e. The number of rotatable bonds is 5. The molecule has 0 N–H and O–H groups in total. The standard InChI is InChI=1S/C18H18N2O/c1-2-11-20-17(9-10-19-20)18(21)13-14-7-8-15-5-3-4-6-16(15)12-14/h3-10,12H,2,11,13H2,1H3. The molecule has 0 aliphatic rings.